The van der Waals surface area contributed by atoms with Crippen LogP contribution in [0.1, 0.15) is 26.3 Å². The average molecular weight is 231 g/mol. The summed E-state index contributed by atoms with van der Waals surface area (Å²) in [7, 11) is 0. The predicted molar refractivity (Wildman–Crippen MR) is 75.6 cm³/mol. The maximum absolute atomic E-state index is 3.96. The minimum atomic E-state index is 0.382. The van der Waals surface area contributed by atoms with E-state index in [9.17, 15) is 0 Å². The van der Waals surface area contributed by atoms with Crippen LogP contribution in [0.3, 0.4) is 0 Å². The summed E-state index contributed by atoms with van der Waals surface area (Å²) in [5.41, 5.74) is 2.18. The minimum absolute atomic E-state index is 0.382. The Labute approximate surface area is 104 Å². The van der Waals surface area contributed by atoms with E-state index in [2.05, 4.69) is 41.5 Å². The number of hydrogen-bond acceptors (Lipinski definition) is 3. The summed E-state index contributed by atoms with van der Waals surface area (Å²) >= 11 is 0. The molecule has 0 N–H and O–H groups in total. The molecule has 17 heavy (non-hydrogen) atoms. The second-order valence-electron chi connectivity index (χ2n) is 3.74. The van der Waals surface area contributed by atoms with Crippen molar-refractivity contribution < 1.29 is 0 Å². The van der Waals surface area contributed by atoms with E-state index in [4.69, 9.17) is 0 Å². The van der Waals surface area contributed by atoms with Gasteiger partial charge in [0.05, 0.1) is 5.71 Å². The number of hydrogen-bond donors (Lipinski definition) is 0. The zero-order chi connectivity index (χ0) is 13.1. The number of allylic oxidation sites excluding steroid dienone is 1. The lowest BCUT2D eigenvalue weighted by Crippen LogP contribution is -2.01. The summed E-state index contributed by atoms with van der Waals surface area (Å²) in [6, 6.07) is 4.03. The van der Waals surface area contributed by atoms with Crippen molar-refractivity contribution >= 4 is 12.4 Å². The molecule has 0 bridgehead atoms. The van der Waals surface area contributed by atoms with Gasteiger partial charge < -0.3 is 0 Å². The molecule has 1 heterocycles. The summed E-state index contributed by atoms with van der Waals surface area (Å²) < 4.78 is 0. The van der Waals surface area contributed by atoms with Crippen LogP contribution in [0.2, 0.25) is 0 Å². The summed E-state index contributed by atoms with van der Waals surface area (Å²) in [4.78, 5) is 3.96. The van der Waals surface area contributed by atoms with E-state index in [0.29, 0.717) is 5.92 Å². The van der Waals surface area contributed by atoms with Crippen molar-refractivity contribution in [1.82, 2.24) is 4.98 Å². The molecular weight excluding hydrogens is 210 g/mol. The van der Waals surface area contributed by atoms with Gasteiger partial charge in [-0.1, -0.05) is 33.4 Å². The molecule has 0 saturated carbocycles. The quantitative estimate of drug-likeness (QED) is 0.577. The van der Waals surface area contributed by atoms with E-state index in [-0.39, 0.29) is 0 Å². The van der Waals surface area contributed by atoms with Crippen molar-refractivity contribution in [2.75, 3.05) is 0 Å². The third-order valence-corrected chi connectivity index (χ3v) is 2.12. The van der Waals surface area contributed by atoms with Gasteiger partial charge in [-0.25, -0.2) is 0 Å². The van der Waals surface area contributed by atoms with Crippen LogP contribution in [0.15, 0.2) is 47.4 Å². The third-order valence-electron chi connectivity index (χ3n) is 2.12. The Morgan fingerprint density at radius 2 is 2.24 bits per heavy atom. The highest BCUT2D eigenvalue weighted by molar-refractivity contribution is 5.95. The Kier molecular flexibility index (Phi) is 8.47. The van der Waals surface area contributed by atoms with Crippen molar-refractivity contribution in [1.29, 1.82) is 0 Å². The summed E-state index contributed by atoms with van der Waals surface area (Å²) in [6.45, 7) is 13.0. The molecule has 0 saturated heterocycles. The van der Waals surface area contributed by atoms with Gasteiger partial charge in [-0.2, -0.15) is 10.2 Å². The highest BCUT2D eigenvalue weighted by Crippen LogP contribution is 1.97. The number of aromatic nitrogens is 1. The van der Waals surface area contributed by atoms with Crippen LogP contribution >= 0.6 is 0 Å². The number of aryl methyl sites for hydroxylation is 1. The van der Waals surface area contributed by atoms with Crippen LogP contribution in [0.5, 0.6) is 0 Å². The molecule has 0 aliphatic heterocycles. The highest BCUT2D eigenvalue weighted by Gasteiger charge is 1.97. The van der Waals surface area contributed by atoms with E-state index < -0.39 is 0 Å². The van der Waals surface area contributed by atoms with Crippen molar-refractivity contribution in [3.8, 4) is 0 Å². The molecular formula is C14H21N3. The second-order valence-corrected chi connectivity index (χ2v) is 3.74. The van der Waals surface area contributed by atoms with E-state index in [1.807, 2.05) is 26.1 Å². The summed E-state index contributed by atoms with van der Waals surface area (Å²) in [5, 5.41) is 7.15. The van der Waals surface area contributed by atoms with E-state index in [0.717, 1.165) is 12.1 Å². The van der Waals surface area contributed by atoms with E-state index >= 15 is 0 Å². The zero-order valence-electron chi connectivity index (χ0n) is 10.9. The maximum Gasteiger partial charge on any atom is 0.0649 e. The lowest BCUT2D eigenvalue weighted by atomic mass is 10.1. The molecule has 0 amide bonds. The van der Waals surface area contributed by atoms with Crippen molar-refractivity contribution in [2.45, 2.75) is 27.2 Å². The molecule has 3 nitrogen and oxygen atoms in total. The Morgan fingerprint density at radius 1 is 1.53 bits per heavy atom. The third kappa shape index (κ3) is 7.17. The molecule has 92 valence electrons. The van der Waals surface area contributed by atoms with Crippen LogP contribution in [-0.4, -0.2) is 17.4 Å². The first-order valence-corrected chi connectivity index (χ1v) is 5.70. The monoisotopic (exact) mass is 231 g/mol. The predicted octanol–water partition coefficient (Wildman–Crippen LogP) is 3.53. The Morgan fingerprint density at radius 3 is 2.47 bits per heavy atom. The van der Waals surface area contributed by atoms with Crippen LogP contribution < -0.4 is 0 Å². The molecule has 0 atom stereocenters. The van der Waals surface area contributed by atoms with Crippen LogP contribution in [0, 0.1) is 5.92 Å². The molecule has 0 radical (unpaired) electrons. The Balaban J connectivity index is 0.000000302. The van der Waals surface area contributed by atoms with E-state index in [1.54, 1.807) is 12.3 Å². The van der Waals surface area contributed by atoms with Gasteiger partial charge in [-0.3, -0.25) is 4.98 Å². The van der Waals surface area contributed by atoms with Crippen LogP contribution in [0.25, 0.3) is 0 Å². The number of nitrogens with zero attached hydrogens (tertiary/aromatic N) is 3. The molecule has 1 aromatic rings. The number of pyridine rings is 1. The van der Waals surface area contributed by atoms with Gasteiger partial charge in [0.15, 0.2) is 0 Å². The Bertz CT molecular complexity index is 353. The fourth-order valence-corrected chi connectivity index (χ4v) is 1.08. The van der Waals surface area contributed by atoms with Gasteiger partial charge in [0.1, 0.15) is 0 Å². The number of rotatable bonds is 4. The SMILES string of the molecule is C=C/C(=N\N=C)C(C)C.CCc1cccnc1. The lowest BCUT2D eigenvalue weighted by Gasteiger charge is -1.99. The van der Waals surface area contributed by atoms with Crippen molar-refractivity contribution in [2.24, 2.45) is 16.1 Å². The molecule has 0 spiro atoms. The highest BCUT2D eigenvalue weighted by atomic mass is 15.2. The normalized spacial score (nSPS) is 10.5. The molecule has 0 aliphatic rings. The molecule has 0 unspecified atom stereocenters. The summed E-state index contributed by atoms with van der Waals surface area (Å²) in [5.74, 6) is 0.382. The molecule has 3 heteroatoms. The largest absolute Gasteiger partial charge is 0.264 e. The van der Waals surface area contributed by atoms with E-state index in [1.165, 1.54) is 5.56 Å². The lowest BCUT2D eigenvalue weighted by molar-refractivity contribution is 0.881. The Hall–Kier alpha value is -1.77. The molecule has 1 aromatic heterocycles. The first-order chi connectivity index (χ1) is 8.15. The topological polar surface area (TPSA) is 37.6 Å². The van der Waals surface area contributed by atoms with Gasteiger partial charge in [0, 0.05) is 19.1 Å². The second kappa shape index (κ2) is 9.46. The van der Waals surface area contributed by atoms with Gasteiger partial charge in [-0.15, -0.1) is 0 Å². The maximum atomic E-state index is 3.96. The van der Waals surface area contributed by atoms with Gasteiger partial charge in [0.25, 0.3) is 0 Å². The summed E-state index contributed by atoms with van der Waals surface area (Å²) in [6.07, 6.45) is 6.45. The van der Waals surface area contributed by atoms with Gasteiger partial charge in [-0.05, 0) is 30.0 Å². The molecule has 0 aromatic carbocycles. The smallest absolute Gasteiger partial charge is 0.0649 e. The van der Waals surface area contributed by atoms with Gasteiger partial charge in [0.2, 0.25) is 0 Å². The van der Waals surface area contributed by atoms with Crippen molar-refractivity contribution in [3.05, 3.63) is 42.7 Å². The molecule has 0 fully saturated rings. The van der Waals surface area contributed by atoms with Gasteiger partial charge >= 0.3 is 0 Å². The minimum Gasteiger partial charge on any atom is -0.264 e. The average Bonchev–Trinajstić information content (AvgIpc) is 2.37. The van der Waals surface area contributed by atoms with Crippen LogP contribution in [-0.2, 0) is 6.42 Å². The first kappa shape index (κ1) is 15.2. The van der Waals surface area contributed by atoms with Crippen molar-refractivity contribution in [3.63, 3.8) is 0 Å². The molecule has 0 aliphatic carbocycles. The first-order valence-electron chi connectivity index (χ1n) is 5.70. The standard InChI is InChI=1S/C7H12N2.C7H9N/c1-5-7(6(2)3)9-8-4;1-2-7-4-3-5-8-6-7/h5-6H,1,4H2,2-3H3;3-6H,2H2,1H3/b9-7+;. The fourth-order valence-electron chi connectivity index (χ4n) is 1.08. The zero-order valence-corrected chi connectivity index (χ0v) is 10.9. The van der Waals surface area contributed by atoms with Crippen LogP contribution in [0.4, 0.5) is 0 Å². The fraction of sp³-hybridized carbons (Fsp3) is 0.357. The molecule has 1 rings (SSSR count).